The van der Waals surface area contributed by atoms with Crippen molar-refractivity contribution in [2.75, 3.05) is 0 Å². The number of aromatic nitrogens is 2. The summed E-state index contributed by atoms with van der Waals surface area (Å²) in [6.45, 7) is 8.20. The van der Waals surface area contributed by atoms with Gasteiger partial charge in [-0.2, -0.15) is 0 Å². The first-order valence-electron chi connectivity index (χ1n) is 5.57. The van der Waals surface area contributed by atoms with Crippen LogP contribution in [0.1, 0.15) is 22.3 Å². The van der Waals surface area contributed by atoms with Crippen LogP contribution < -0.4 is 0 Å². The highest BCUT2D eigenvalue weighted by molar-refractivity contribution is 6.30. The highest BCUT2D eigenvalue weighted by Crippen LogP contribution is 2.26. The summed E-state index contributed by atoms with van der Waals surface area (Å²) in [4.78, 5) is 0. The molecule has 2 nitrogen and oxygen atoms in total. The summed E-state index contributed by atoms with van der Waals surface area (Å²) < 4.78 is 0. The van der Waals surface area contributed by atoms with E-state index in [0.717, 1.165) is 22.4 Å². The van der Waals surface area contributed by atoms with Gasteiger partial charge in [0.1, 0.15) is 0 Å². The van der Waals surface area contributed by atoms with E-state index in [4.69, 9.17) is 11.6 Å². The fraction of sp³-hybridized carbons (Fsp3) is 0.286. The summed E-state index contributed by atoms with van der Waals surface area (Å²) in [5.74, 6) is 0. The first kappa shape index (κ1) is 12.1. The van der Waals surface area contributed by atoms with Crippen molar-refractivity contribution in [3.8, 4) is 11.3 Å². The molecule has 17 heavy (non-hydrogen) atoms. The molecule has 0 aliphatic rings. The second kappa shape index (κ2) is 4.46. The zero-order valence-corrected chi connectivity index (χ0v) is 11.3. The molecular formula is C14H15ClN2. The Labute approximate surface area is 107 Å². The van der Waals surface area contributed by atoms with Crippen molar-refractivity contribution in [3.05, 3.63) is 45.6 Å². The minimum atomic E-state index is 0.482. The van der Waals surface area contributed by atoms with Crippen LogP contribution in [0.4, 0.5) is 0 Å². The van der Waals surface area contributed by atoms with Crippen LogP contribution in [0.5, 0.6) is 0 Å². The second-order valence-electron chi connectivity index (χ2n) is 4.39. The Kier molecular flexibility index (Phi) is 3.16. The van der Waals surface area contributed by atoms with Crippen LogP contribution in [-0.2, 0) is 0 Å². The van der Waals surface area contributed by atoms with Gasteiger partial charge in [-0.1, -0.05) is 23.7 Å². The molecule has 0 unspecified atom stereocenters. The molecule has 1 aromatic heterocycles. The van der Waals surface area contributed by atoms with Gasteiger partial charge in [0.15, 0.2) is 5.15 Å². The van der Waals surface area contributed by atoms with E-state index in [1.54, 1.807) is 0 Å². The van der Waals surface area contributed by atoms with Crippen LogP contribution in [0.15, 0.2) is 18.2 Å². The Bertz CT molecular complexity index is 577. The van der Waals surface area contributed by atoms with Crippen LogP contribution in [0.2, 0.25) is 5.15 Å². The van der Waals surface area contributed by atoms with Crippen molar-refractivity contribution in [1.82, 2.24) is 10.2 Å². The zero-order valence-electron chi connectivity index (χ0n) is 10.5. The lowest BCUT2D eigenvalue weighted by Crippen LogP contribution is -1.97. The van der Waals surface area contributed by atoms with Gasteiger partial charge in [-0.05, 0) is 56.0 Å². The highest BCUT2D eigenvalue weighted by Gasteiger charge is 2.10. The van der Waals surface area contributed by atoms with Gasteiger partial charge >= 0.3 is 0 Å². The quantitative estimate of drug-likeness (QED) is 0.759. The van der Waals surface area contributed by atoms with E-state index in [1.165, 1.54) is 11.1 Å². The van der Waals surface area contributed by atoms with Crippen molar-refractivity contribution in [2.24, 2.45) is 0 Å². The summed E-state index contributed by atoms with van der Waals surface area (Å²) in [6, 6.07) is 6.32. The minimum Gasteiger partial charge on any atom is -0.149 e. The Morgan fingerprint density at radius 1 is 0.882 bits per heavy atom. The normalized spacial score (nSPS) is 10.6. The summed E-state index contributed by atoms with van der Waals surface area (Å²) in [5, 5.41) is 8.66. The van der Waals surface area contributed by atoms with Crippen LogP contribution in [0, 0.1) is 27.7 Å². The molecule has 0 spiro atoms. The Balaban J connectivity index is 2.61. The number of halogens is 1. The number of benzene rings is 1. The molecule has 0 aliphatic carbocycles. The van der Waals surface area contributed by atoms with E-state index >= 15 is 0 Å². The Morgan fingerprint density at radius 3 is 2.24 bits per heavy atom. The second-order valence-corrected chi connectivity index (χ2v) is 4.75. The third-order valence-corrected chi connectivity index (χ3v) is 3.60. The van der Waals surface area contributed by atoms with E-state index in [0.29, 0.717) is 5.15 Å². The van der Waals surface area contributed by atoms with Crippen LogP contribution in [0.3, 0.4) is 0 Å². The van der Waals surface area contributed by atoms with Crippen LogP contribution in [-0.4, -0.2) is 10.2 Å². The Morgan fingerprint density at radius 2 is 1.59 bits per heavy atom. The molecule has 0 fully saturated rings. The van der Waals surface area contributed by atoms with Crippen molar-refractivity contribution >= 4 is 11.6 Å². The summed E-state index contributed by atoms with van der Waals surface area (Å²) >= 11 is 5.96. The molecule has 0 saturated carbocycles. The maximum absolute atomic E-state index is 5.96. The lowest BCUT2D eigenvalue weighted by Gasteiger charge is -2.09. The molecule has 0 radical (unpaired) electrons. The molecule has 88 valence electrons. The third kappa shape index (κ3) is 2.18. The molecule has 1 aromatic carbocycles. The van der Waals surface area contributed by atoms with Crippen molar-refractivity contribution < 1.29 is 0 Å². The van der Waals surface area contributed by atoms with Crippen molar-refractivity contribution in [1.29, 1.82) is 0 Å². The van der Waals surface area contributed by atoms with Crippen LogP contribution >= 0.6 is 11.6 Å². The van der Waals surface area contributed by atoms with E-state index < -0.39 is 0 Å². The predicted octanol–water partition coefficient (Wildman–Crippen LogP) is 4.03. The molecule has 0 amide bonds. The molecule has 2 aromatic rings. The van der Waals surface area contributed by atoms with Gasteiger partial charge in [0, 0.05) is 5.56 Å². The first-order valence-corrected chi connectivity index (χ1v) is 5.95. The van der Waals surface area contributed by atoms with Gasteiger partial charge in [0.2, 0.25) is 0 Å². The SMILES string of the molecule is Cc1ccc(-c2nnc(Cl)c(C)c2C)cc1C. The molecule has 0 atom stereocenters. The number of nitrogens with zero attached hydrogens (tertiary/aromatic N) is 2. The highest BCUT2D eigenvalue weighted by atomic mass is 35.5. The lowest BCUT2D eigenvalue weighted by atomic mass is 10.0. The maximum Gasteiger partial charge on any atom is 0.154 e. The van der Waals surface area contributed by atoms with E-state index in [9.17, 15) is 0 Å². The fourth-order valence-electron chi connectivity index (χ4n) is 1.74. The molecular weight excluding hydrogens is 232 g/mol. The van der Waals surface area contributed by atoms with Crippen molar-refractivity contribution in [2.45, 2.75) is 27.7 Å². The Hall–Kier alpha value is -1.41. The number of rotatable bonds is 1. The van der Waals surface area contributed by atoms with Gasteiger partial charge in [0.25, 0.3) is 0 Å². The first-order chi connectivity index (χ1) is 8.00. The average Bonchev–Trinajstić information content (AvgIpc) is 2.30. The van der Waals surface area contributed by atoms with Gasteiger partial charge in [-0.15, -0.1) is 10.2 Å². The largest absolute Gasteiger partial charge is 0.154 e. The van der Waals surface area contributed by atoms with Gasteiger partial charge < -0.3 is 0 Å². The molecule has 0 saturated heterocycles. The number of hydrogen-bond acceptors (Lipinski definition) is 2. The van der Waals surface area contributed by atoms with E-state index in [2.05, 4.69) is 42.2 Å². The molecule has 0 N–H and O–H groups in total. The standard InChI is InChI=1S/C14H15ClN2/c1-8-5-6-12(7-9(8)2)13-10(3)11(4)14(15)17-16-13/h5-7H,1-4H3. The zero-order chi connectivity index (χ0) is 12.6. The minimum absolute atomic E-state index is 0.482. The third-order valence-electron chi connectivity index (χ3n) is 3.25. The monoisotopic (exact) mass is 246 g/mol. The summed E-state index contributed by atoms with van der Waals surface area (Å²) in [5.41, 5.74) is 6.64. The summed E-state index contributed by atoms with van der Waals surface area (Å²) in [6.07, 6.45) is 0. The average molecular weight is 247 g/mol. The van der Waals surface area contributed by atoms with Gasteiger partial charge in [0.05, 0.1) is 5.69 Å². The van der Waals surface area contributed by atoms with Gasteiger partial charge in [-0.25, -0.2) is 0 Å². The number of hydrogen-bond donors (Lipinski definition) is 0. The molecule has 3 heteroatoms. The van der Waals surface area contributed by atoms with Crippen molar-refractivity contribution in [3.63, 3.8) is 0 Å². The predicted molar refractivity (Wildman–Crippen MR) is 71.4 cm³/mol. The molecule has 0 bridgehead atoms. The molecule has 0 aliphatic heterocycles. The molecule has 1 heterocycles. The maximum atomic E-state index is 5.96. The molecule has 2 rings (SSSR count). The van der Waals surface area contributed by atoms with Gasteiger partial charge in [-0.3, -0.25) is 0 Å². The fourth-order valence-corrected chi connectivity index (χ4v) is 1.92. The smallest absolute Gasteiger partial charge is 0.149 e. The van der Waals surface area contributed by atoms with E-state index in [-0.39, 0.29) is 0 Å². The topological polar surface area (TPSA) is 25.8 Å². The van der Waals surface area contributed by atoms with E-state index in [1.807, 2.05) is 13.8 Å². The number of aryl methyl sites for hydroxylation is 2. The lowest BCUT2D eigenvalue weighted by molar-refractivity contribution is 1.00. The van der Waals surface area contributed by atoms with Crippen LogP contribution in [0.25, 0.3) is 11.3 Å². The summed E-state index contributed by atoms with van der Waals surface area (Å²) in [7, 11) is 0.